The number of hydrogen-bond donors (Lipinski definition) is 1. The van der Waals surface area contributed by atoms with E-state index in [4.69, 9.17) is 0 Å². The van der Waals surface area contributed by atoms with Gasteiger partial charge in [-0.1, -0.05) is 6.07 Å². The molecule has 0 fully saturated rings. The van der Waals surface area contributed by atoms with E-state index in [0.29, 0.717) is 6.54 Å². The van der Waals surface area contributed by atoms with Crippen molar-refractivity contribution in [2.24, 2.45) is 0 Å². The average molecular weight is 312 g/mol. The van der Waals surface area contributed by atoms with E-state index in [1.54, 1.807) is 12.3 Å². The van der Waals surface area contributed by atoms with Crippen LogP contribution in [-0.2, 0) is 6.54 Å². The van der Waals surface area contributed by atoms with Crippen molar-refractivity contribution in [2.75, 3.05) is 0 Å². The highest BCUT2D eigenvalue weighted by Crippen LogP contribution is 2.19. The third kappa shape index (κ3) is 3.40. The summed E-state index contributed by atoms with van der Waals surface area (Å²) < 4.78 is 15.7. The molecule has 3 aromatic rings. The Bertz CT molecular complexity index is 812. The van der Waals surface area contributed by atoms with Gasteiger partial charge in [0.15, 0.2) is 0 Å². The van der Waals surface area contributed by atoms with Crippen molar-refractivity contribution >= 4 is 10.9 Å². The molecule has 0 unspecified atom stereocenters. The highest BCUT2D eigenvalue weighted by atomic mass is 19.1. The minimum Gasteiger partial charge on any atom is -0.308 e. The molecule has 2 heterocycles. The van der Waals surface area contributed by atoms with E-state index in [1.807, 2.05) is 36.1 Å². The predicted octanol–water partition coefficient (Wildman–Crippen LogP) is 3.62. The molecule has 0 aliphatic carbocycles. The van der Waals surface area contributed by atoms with Gasteiger partial charge in [0.05, 0.1) is 17.8 Å². The van der Waals surface area contributed by atoms with Crippen LogP contribution < -0.4 is 5.32 Å². The smallest absolute Gasteiger partial charge is 0.124 e. The topological polar surface area (TPSA) is 42.7 Å². The van der Waals surface area contributed by atoms with Crippen LogP contribution in [0.4, 0.5) is 4.39 Å². The van der Waals surface area contributed by atoms with Crippen LogP contribution in [0, 0.1) is 12.7 Å². The number of aromatic nitrogens is 3. The molecular formula is C18H21FN4. The van der Waals surface area contributed by atoms with E-state index < -0.39 is 0 Å². The summed E-state index contributed by atoms with van der Waals surface area (Å²) in [5.74, 6) is -0.231. The van der Waals surface area contributed by atoms with Crippen LogP contribution in [0.25, 0.3) is 10.9 Å². The molecule has 0 spiro atoms. The first-order valence-corrected chi connectivity index (χ1v) is 7.82. The molecule has 2 atom stereocenters. The summed E-state index contributed by atoms with van der Waals surface area (Å²) in [6.07, 6.45) is 5.62. The maximum Gasteiger partial charge on any atom is 0.124 e. The van der Waals surface area contributed by atoms with Crippen LogP contribution in [0.3, 0.4) is 0 Å². The normalized spacial score (nSPS) is 14.1. The number of rotatable bonds is 5. The van der Waals surface area contributed by atoms with E-state index in [0.717, 1.165) is 22.0 Å². The zero-order valence-electron chi connectivity index (χ0n) is 13.6. The molecular weight excluding hydrogens is 291 g/mol. The highest BCUT2D eigenvalue weighted by molar-refractivity contribution is 5.81. The second-order valence-corrected chi connectivity index (χ2v) is 6.05. The summed E-state index contributed by atoms with van der Waals surface area (Å²) in [4.78, 5) is 4.38. The highest BCUT2D eigenvalue weighted by Gasteiger charge is 2.15. The molecule has 0 saturated carbocycles. The van der Waals surface area contributed by atoms with E-state index in [9.17, 15) is 4.39 Å². The molecule has 2 aromatic heterocycles. The fourth-order valence-corrected chi connectivity index (χ4v) is 2.69. The van der Waals surface area contributed by atoms with Gasteiger partial charge in [0.1, 0.15) is 5.82 Å². The molecule has 0 saturated heterocycles. The zero-order chi connectivity index (χ0) is 16.4. The molecule has 0 bridgehead atoms. The zero-order valence-corrected chi connectivity index (χ0v) is 13.6. The number of nitrogens with one attached hydrogen (secondary N) is 1. The van der Waals surface area contributed by atoms with Gasteiger partial charge in [-0.15, -0.1) is 0 Å². The number of hydrogen-bond acceptors (Lipinski definition) is 3. The van der Waals surface area contributed by atoms with Gasteiger partial charge >= 0.3 is 0 Å². The van der Waals surface area contributed by atoms with Crippen LogP contribution in [-0.4, -0.2) is 20.8 Å². The van der Waals surface area contributed by atoms with E-state index in [1.165, 1.54) is 6.07 Å². The SMILES string of the molecule is Cc1cnn([C@H](C)[C@H](C)NCc2cc(F)cc3cccnc23)c1. The van der Waals surface area contributed by atoms with Crippen molar-refractivity contribution in [3.63, 3.8) is 0 Å². The molecule has 1 N–H and O–H groups in total. The molecule has 5 heteroatoms. The van der Waals surface area contributed by atoms with Gasteiger partial charge in [0, 0.05) is 30.4 Å². The van der Waals surface area contributed by atoms with Crippen LogP contribution in [0.2, 0.25) is 0 Å². The van der Waals surface area contributed by atoms with Gasteiger partial charge in [0.2, 0.25) is 0 Å². The Hall–Kier alpha value is -2.27. The van der Waals surface area contributed by atoms with Crippen molar-refractivity contribution < 1.29 is 4.39 Å². The van der Waals surface area contributed by atoms with Crippen molar-refractivity contribution in [3.8, 4) is 0 Å². The third-order valence-electron chi connectivity index (χ3n) is 4.23. The lowest BCUT2D eigenvalue weighted by atomic mass is 10.1. The molecule has 0 aliphatic rings. The number of aryl methyl sites for hydroxylation is 1. The fourth-order valence-electron chi connectivity index (χ4n) is 2.69. The van der Waals surface area contributed by atoms with Crippen molar-refractivity contribution in [3.05, 3.63) is 59.8 Å². The third-order valence-corrected chi connectivity index (χ3v) is 4.23. The first-order valence-electron chi connectivity index (χ1n) is 7.82. The second-order valence-electron chi connectivity index (χ2n) is 6.05. The maximum absolute atomic E-state index is 13.8. The Labute approximate surface area is 135 Å². The minimum absolute atomic E-state index is 0.191. The number of nitrogens with zero attached hydrogens (tertiary/aromatic N) is 3. The number of benzene rings is 1. The Morgan fingerprint density at radius 1 is 1.30 bits per heavy atom. The Morgan fingerprint density at radius 3 is 2.87 bits per heavy atom. The summed E-state index contributed by atoms with van der Waals surface area (Å²) in [5.41, 5.74) is 2.86. The average Bonchev–Trinajstić information content (AvgIpc) is 2.97. The van der Waals surface area contributed by atoms with Gasteiger partial charge in [-0.05, 0) is 50.1 Å². The summed E-state index contributed by atoms with van der Waals surface area (Å²) in [6, 6.07) is 7.17. The van der Waals surface area contributed by atoms with E-state index >= 15 is 0 Å². The van der Waals surface area contributed by atoms with Crippen LogP contribution in [0.5, 0.6) is 0 Å². The lowest BCUT2D eigenvalue weighted by Gasteiger charge is -2.22. The van der Waals surface area contributed by atoms with Crippen LogP contribution in [0.1, 0.15) is 31.0 Å². The summed E-state index contributed by atoms with van der Waals surface area (Å²) in [7, 11) is 0. The summed E-state index contributed by atoms with van der Waals surface area (Å²) in [5, 5.41) is 8.64. The van der Waals surface area contributed by atoms with E-state index in [-0.39, 0.29) is 17.9 Å². The molecule has 0 amide bonds. The largest absolute Gasteiger partial charge is 0.308 e. The molecule has 1 aromatic carbocycles. The number of fused-ring (bicyclic) bond motifs is 1. The first kappa shape index (κ1) is 15.6. The molecule has 0 radical (unpaired) electrons. The van der Waals surface area contributed by atoms with Gasteiger partial charge in [0.25, 0.3) is 0 Å². The molecule has 0 aliphatic heterocycles. The fraction of sp³-hybridized carbons (Fsp3) is 0.333. The van der Waals surface area contributed by atoms with Gasteiger partial charge in [-0.25, -0.2) is 4.39 Å². The summed E-state index contributed by atoms with van der Waals surface area (Å²) >= 11 is 0. The Morgan fingerprint density at radius 2 is 2.13 bits per heavy atom. The number of halogens is 1. The van der Waals surface area contributed by atoms with Gasteiger partial charge in [-0.3, -0.25) is 9.67 Å². The van der Waals surface area contributed by atoms with Crippen molar-refractivity contribution in [2.45, 2.75) is 39.4 Å². The van der Waals surface area contributed by atoms with Crippen LogP contribution >= 0.6 is 0 Å². The van der Waals surface area contributed by atoms with Crippen molar-refractivity contribution in [1.29, 1.82) is 0 Å². The molecule has 23 heavy (non-hydrogen) atoms. The Kier molecular flexibility index (Phi) is 4.39. The predicted molar refractivity (Wildman–Crippen MR) is 89.7 cm³/mol. The lowest BCUT2D eigenvalue weighted by molar-refractivity contribution is 0.365. The van der Waals surface area contributed by atoms with Crippen molar-refractivity contribution in [1.82, 2.24) is 20.1 Å². The maximum atomic E-state index is 13.8. The molecule has 3 rings (SSSR count). The first-order chi connectivity index (χ1) is 11.0. The molecule has 120 valence electrons. The van der Waals surface area contributed by atoms with Gasteiger partial charge < -0.3 is 5.32 Å². The standard InChI is InChI=1S/C18H21FN4/c1-12-9-22-23(11-12)14(3)13(2)21-10-16-8-17(19)7-15-5-4-6-20-18(15)16/h4-9,11,13-14,21H,10H2,1-3H3/t13-,14+/m0/s1. The summed E-state index contributed by atoms with van der Waals surface area (Å²) in [6.45, 7) is 6.82. The Balaban J connectivity index is 1.75. The quantitative estimate of drug-likeness (QED) is 0.782. The molecule has 4 nitrogen and oxygen atoms in total. The monoisotopic (exact) mass is 312 g/mol. The van der Waals surface area contributed by atoms with Crippen LogP contribution in [0.15, 0.2) is 42.9 Å². The lowest BCUT2D eigenvalue weighted by Crippen LogP contribution is -2.33. The number of pyridine rings is 1. The minimum atomic E-state index is -0.231. The van der Waals surface area contributed by atoms with Gasteiger partial charge in [-0.2, -0.15) is 5.10 Å². The second kappa shape index (κ2) is 6.46. The van der Waals surface area contributed by atoms with E-state index in [2.05, 4.69) is 29.2 Å².